The van der Waals surface area contributed by atoms with Crippen molar-refractivity contribution in [1.82, 2.24) is 24.6 Å². The molecule has 1 aromatic carbocycles. The van der Waals surface area contributed by atoms with Crippen LogP contribution in [0.5, 0.6) is 0 Å². The molecule has 0 bridgehead atoms. The van der Waals surface area contributed by atoms with Crippen molar-refractivity contribution in [2.24, 2.45) is 0 Å². The number of pyridine rings is 1. The maximum atomic E-state index is 13.1. The normalized spacial score (nSPS) is 15.2. The van der Waals surface area contributed by atoms with Gasteiger partial charge in [-0.25, -0.2) is 9.67 Å². The van der Waals surface area contributed by atoms with Crippen LogP contribution < -0.4 is 5.32 Å². The molecule has 1 unspecified atom stereocenters. The molecule has 1 N–H and O–H groups in total. The van der Waals surface area contributed by atoms with Gasteiger partial charge in [0.2, 0.25) is 11.9 Å². The number of aromatic nitrogens is 4. The number of rotatable bonds is 6. The van der Waals surface area contributed by atoms with Gasteiger partial charge in [-0.15, -0.1) is 5.10 Å². The number of amides is 2. The van der Waals surface area contributed by atoms with Crippen molar-refractivity contribution in [3.63, 3.8) is 0 Å². The Morgan fingerprint density at radius 2 is 1.90 bits per heavy atom. The van der Waals surface area contributed by atoms with Crippen molar-refractivity contribution in [2.75, 3.05) is 11.9 Å². The molecule has 148 valence electrons. The van der Waals surface area contributed by atoms with Crippen molar-refractivity contribution in [2.45, 2.75) is 31.8 Å². The van der Waals surface area contributed by atoms with Crippen LogP contribution in [0.25, 0.3) is 0 Å². The summed E-state index contributed by atoms with van der Waals surface area (Å²) in [4.78, 5) is 35.7. The Kier molecular flexibility index (Phi) is 5.60. The van der Waals surface area contributed by atoms with Crippen molar-refractivity contribution >= 4 is 17.8 Å². The maximum absolute atomic E-state index is 13.1. The maximum Gasteiger partial charge on any atom is 0.254 e. The molecule has 8 heteroatoms. The van der Waals surface area contributed by atoms with Crippen LogP contribution in [-0.4, -0.2) is 43.0 Å². The van der Waals surface area contributed by atoms with E-state index in [0.717, 1.165) is 24.1 Å². The third-order valence-electron chi connectivity index (χ3n) is 4.86. The molecule has 3 heterocycles. The highest BCUT2D eigenvalue weighted by molar-refractivity contribution is 5.96. The lowest BCUT2D eigenvalue weighted by Gasteiger charge is -2.33. The molecule has 8 nitrogen and oxygen atoms in total. The third-order valence-corrected chi connectivity index (χ3v) is 4.86. The molecular weight excluding hydrogens is 368 g/mol. The molecule has 1 saturated heterocycles. The van der Waals surface area contributed by atoms with Crippen LogP contribution in [-0.2, 0) is 16.1 Å². The Morgan fingerprint density at radius 1 is 1.07 bits per heavy atom. The van der Waals surface area contributed by atoms with E-state index in [-0.39, 0.29) is 17.8 Å². The van der Waals surface area contributed by atoms with Gasteiger partial charge in [-0.2, -0.15) is 0 Å². The number of piperidine rings is 1. The average Bonchev–Trinajstić information content (AvgIpc) is 3.18. The fourth-order valence-corrected chi connectivity index (χ4v) is 3.47. The van der Waals surface area contributed by atoms with Crippen LogP contribution in [0.3, 0.4) is 0 Å². The number of benzene rings is 1. The second-order valence-electron chi connectivity index (χ2n) is 6.93. The van der Waals surface area contributed by atoms with E-state index in [1.165, 1.54) is 0 Å². The number of likely N-dealkylation sites (tertiary alicyclic amines) is 1. The summed E-state index contributed by atoms with van der Waals surface area (Å²) in [5.41, 5.74) is 1.62. The molecule has 0 saturated carbocycles. The first-order valence-corrected chi connectivity index (χ1v) is 9.65. The molecular formula is C21H22N6O2. The standard InChI is InChI=1S/C21H22N6O2/c28-18-11-5-7-13-27(18)19(16-8-2-1-3-9-16)20(29)24-21-23-15-26(25-21)14-17-10-4-6-12-22-17/h1-4,6,8-10,12,15,19H,5,7,11,13-14H2,(H,24,25,29). The zero-order valence-corrected chi connectivity index (χ0v) is 15.9. The zero-order valence-electron chi connectivity index (χ0n) is 15.9. The first kappa shape index (κ1) is 18.8. The van der Waals surface area contributed by atoms with E-state index in [4.69, 9.17) is 0 Å². The van der Waals surface area contributed by atoms with Crippen LogP contribution in [0.2, 0.25) is 0 Å². The van der Waals surface area contributed by atoms with Gasteiger partial charge >= 0.3 is 0 Å². The van der Waals surface area contributed by atoms with Crippen molar-refractivity contribution in [3.05, 3.63) is 72.3 Å². The van der Waals surface area contributed by atoms with Crippen LogP contribution in [0.15, 0.2) is 61.1 Å². The molecule has 1 aliphatic heterocycles. The Morgan fingerprint density at radius 3 is 2.66 bits per heavy atom. The van der Waals surface area contributed by atoms with Crippen LogP contribution in [0, 0.1) is 0 Å². The van der Waals surface area contributed by atoms with Gasteiger partial charge in [0, 0.05) is 19.2 Å². The van der Waals surface area contributed by atoms with Gasteiger partial charge in [0.05, 0.1) is 12.2 Å². The van der Waals surface area contributed by atoms with E-state index in [1.54, 1.807) is 22.1 Å². The van der Waals surface area contributed by atoms with Crippen molar-refractivity contribution in [1.29, 1.82) is 0 Å². The van der Waals surface area contributed by atoms with E-state index >= 15 is 0 Å². The Labute approximate surface area is 168 Å². The van der Waals surface area contributed by atoms with Crippen LogP contribution in [0.4, 0.5) is 5.95 Å². The highest BCUT2D eigenvalue weighted by Crippen LogP contribution is 2.26. The van der Waals surface area contributed by atoms with Crippen LogP contribution in [0.1, 0.15) is 36.6 Å². The molecule has 2 amide bonds. The van der Waals surface area contributed by atoms with Gasteiger partial charge in [-0.1, -0.05) is 36.4 Å². The monoisotopic (exact) mass is 390 g/mol. The molecule has 3 aromatic rings. The van der Waals surface area contributed by atoms with Gasteiger partial charge in [-0.05, 0) is 30.5 Å². The summed E-state index contributed by atoms with van der Waals surface area (Å²) in [5.74, 6) is -0.118. The third kappa shape index (κ3) is 4.48. The fourth-order valence-electron chi connectivity index (χ4n) is 3.47. The summed E-state index contributed by atoms with van der Waals surface area (Å²) in [7, 11) is 0. The first-order valence-electron chi connectivity index (χ1n) is 9.65. The summed E-state index contributed by atoms with van der Waals surface area (Å²) < 4.78 is 1.61. The number of hydrogen-bond acceptors (Lipinski definition) is 5. The van der Waals surface area contributed by atoms with Gasteiger partial charge in [0.15, 0.2) is 0 Å². The highest BCUT2D eigenvalue weighted by Gasteiger charge is 2.33. The number of nitrogens with one attached hydrogen (secondary N) is 1. The molecule has 4 rings (SSSR count). The molecule has 29 heavy (non-hydrogen) atoms. The predicted octanol–water partition coefficient (Wildman–Crippen LogP) is 2.41. The van der Waals surface area contributed by atoms with Gasteiger partial charge < -0.3 is 4.90 Å². The van der Waals surface area contributed by atoms with Gasteiger partial charge in [0.25, 0.3) is 5.91 Å². The Hall–Kier alpha value is -3.55. The quantitative estimate of drug-likeness (QED) is 0.698. The molecule has 1 atom stereocenters. The fraction of sp³-hybridized carbons (Fsp3) is 0.286. The number of hydrogen-bond donors (Lipinski definition) is 1. The molecule has 1 aliphatic rings. The molecule has 0 radical (unpaired) electrons. The molecule has 1 fully saturated rings. The summed E-state index contributed by atoms with van der Waals surface area (Å²) in [5, 5.41) is 7.08. The Balaban J connectivity index is 1.52. The van der Waals surface area contributed by atoms with E-state index in [0.29, 0.717) is 19.5 Å². The smallest absolute Gasteiger partial charge is 0.254 e. The van der Waals surface area contributed by atoms with Crippen molar-refractivity contribution < 1.29 is 9.59 Å². The lowest BCUT2D eigenvalue weighted by molar-refractivity contribution is -0.141. The highest BCUT2D eigenvalue weighted by atomic mass is 16.2. The summed E-state index contributed by atoms with van der Waals surface area (Å²) in [6.07, 6.45) is 5.48. The topological polar surface area (TPSA) is 93.0 Å². The summed E-state index contributed by atoms with van der Waals surface area (Å²) >= 11 is 0. The number of carbonyl (C=O) groups is 2. The van der Waals surface area contributed by atoms with Crippen molar-refractivity contribution in [3.8, 4) is 0 Å². The van der Waals surface area contributed by atoms with E-state index in [9.17, 15) is 9.59 Å². The summed E-state index contributed by atoms with van der Waals surface area (Å²) in [6.45, 7) is 1.02. The van der Waals surface area contributed by atoms with E-state index < -0.39 is 6.04 Å². The Bertz CT molecular complexity index is 973. The minimum atomic E-state index is -0.702. The lowest BCUT2D eigenvalue weighted by atomic mass is 10.0. The second kappa shape index (κ2) is 8.64. The largest absolute Gasteiger partial charge is 0.327 e. The molecule has 2 aromatic heterocycles. The summed E-state index contributed by atoms with van der Waals surface area (Å²) in [6, 6.07) is 14.3. The van der Waals surface area contributed by atoms with E-state index in [1.807, 2.05) is 48.5 Å². The SMILES string of the molecule is O=C(Nc1ncn(Cc2ccccn2)n1)C(c1ccccc1)N1CCCCC1=O. The second-order valence-corrected chi connectivity index (χ2v) is 6.93. The van der Waals surface area contributed by atoms with E-state index in [2.05, 4.69) is 20.4 Å². The van der Waals surface area contributed by atoms with Gasteiger partial charge in [0.1, 0.15) is 12.4 Å². The average molecular weight is 390 g/mol. The molecule has 0 spiro atoms. The number of nitrogens with zero attached hydrogens (tertiary/aromatic N) is 5. The number of carbonyl (C=O) groups excluding carboxylic acids is 2. The first-order chi connectivity index (χ1) is 14.2. The lowest BCUT2D eigenvalue weighted by Crippen LogP contribution is -2.43. The minimum Gasteiger partial charge on any atom is -0.327 e. The zero-order chi connectivity index (χ0) is 20.1. The number of anilines is 1. The predicted molar refractivity (Wildman–Crippen MR) is 107 cm³/mol. The van der Waals surface area contributed by atoms with Crippen LogP contribution >= 0.6 is 0 Å². The van der Waals surface area contributed by atoms with Gasteiger partial charge in [-0.3, -0.25) is 19.9 Å². The minimum absolute atomic E-state index is 0.00565. The molecule has 0 aliphatic carbocycles.